The third kappa shape index (κ3) is 2.18. The van der Waals surface area contributed by atoms with Crippen molar-refractivity contribution in [1.82, 2.24) is 0 Å². The van der Waals surface area contributed by atoms with Gasteiger partial charge in [-0.2, -0.15) is 0 Å². The maximum absolute atomic E-state index is 9.98. The zero-order chi connectivity index (χ0) is 9.97. The largest absolute Gasteiger partial charge is 0.388 e. The summed E-state index contributed by atoms with van der Waals surface area (Å²) in [5.74, 6) is 0.789. The van der Waals surface area contributed by atoms with Crippen molar-refractivity contribution in [2.45, 2.75) is 45.1 Å². The molecule has 1 aromatic rings. The van der Waals surface area contributed by atoms with Gasteiger partial charge in [0.25, 0.3) is 0 Å². The molecule has 0 saturated heterocycles. The first-order valence-corrected chi connectivity index (χ1v) is 6.38. The molecule has 2 heteroatoms. The van der Waals surface area contributed by atoms with Crippen LogP contribution in [-0.2, 0) is 6.42 Å². The van der Waals surface area contributed by atoms with Crippen molar-refractivity contribution in [3.05, 3.63) is 21.9 Å². The Bertz CT molecular complexity index is 288. The van der Waals surface area contributed by atoms with E-state index in [9.17, 15) is 5.11 Å². The Morgan fingerprint density at radius 3 is 2.79 bits per heavy atom. The molecular formula is C12H18OS. The summed E-state index contributed by atoms with van der Waals surface area (Å²) in [6.07, 6.45) is 5.86. The Morgan fingerprint density at radius 2 is 2.29 bits per heavy atom. The van der Waals surface area contributed by atoms with E-state index in [1.54, 1.807) is 11.3 Å². The topological polar surface area (TPSA) is 20.2 Å². The van der Waals surface area contributed by atoms with E-state index < -0.39 is 0 Å². The van der Waals surface area contributed by atoms with Crippen LogP contribution in [0.1, 0.15) is 48.5 Å². The van der Waals surface area contributed by atoms with Crippen LogP contribution in [0.3, 0.4) is 0 Å². The molecule has 0 aromatic carbocycles. The summed E-state index contributed by atoms with van der Waals surface area (Å²) in [6, 6.07) is 4.23. The van der Waals surface area contributed by atoms with Gasteiger partial charge in [0.05, 0.1) is 6.10 Å². The van der Waals surface area contributed by atoms with Crippen molar-refractivity contribution in [1.29, 1.82) is 0 Å². The van der Waals surface area contributed by atoms with Gasteiger partial charge in [-0.1, -0.05) is 26.2 Å². The number of aryl methyl sites for hydroxylation is 1. The van der Waals surface area contributed by atoms with Gasteiger partial charge in [0.1, 0.15) is 0 Å². The third-order valence-corrected chi connectivity index (χ3v) is 4.47. The van der Waals surface area contributed by atoms with Crippen LogP contribution in [-0.4, -0.2) is 5.11 Å². The Kier molecular flexibility index (Phi) is 3.24. The van der Waals surface area contributed by atoms with Gasteiger partial charge >= 0.3 is 0 Å². The number of aliphatic hydroxyl groups excluding tert-OH is 1. The van der Waals surface area contributed by atoms with Crippen molar-refractivity contribution < 1.29 is 5.11 Å². The first-order valence-electron chi connectivity index (χ1n) is 5.56. The van der Waals surface area contributed by atoms with Gasteiger partial charge in [-0.15, -0.1) is 11.3 Å². The molecule has 0 bridgehead atoms. The summed E-state index contributed by atoms with van der Waals surface area (Å²) in [5.41, 5.74) is 0. The van der Waals surface area contributed by atoms with E-state index in [0.29, 0.717) is 0 Å². The van der Waals surface area contributed by atoms with Gasteiger partial charge in [-0.05, 0) is 30.9 Å². The zero-order valence-corrected chi connectivity index (χ0v) is 9.52. The molecule has 1 fully saturated rings. The van der Waals surface area contributed by atoms with Gasteiger partial charge in [-0.3, -0.25) is 0 Å². The van der Waals surface area contributed by atoms with E-state index in [2.05, 4.69) is 19.1 Å². The van der Waals surface area contributed by atoms with E-state index in [1.165, 1.54) is 24.1 Å². The minimum atomic E-state index is -0.203. The molecule has 78 valence electrons. The van der Waals surface area contributed by atoms with Gasteiger partial charge in [0, 0.05) is 9.75 Å². The summed E-state index contributed by atoms with van der Waals surface area (Å²) in [5, 5.41) is 9.98. The monoisotopic (exact) mass is 210 g/mol. The predicted molar refractivity (Wildman–Crippen MR) is 60.6 cm³/mol. The number of aliphatic hydroxyl groups is 1. The van der Waals surface area contributed by atoms with Crippen LogP contribution in [0.15, 0.2) is 12.1 Å². The van der Waals surface area contributed by atoms with E-state index >= 15 is 0 Å². The highest BCUT2D eigenvalue weighted by Gasteiger charge is 2.22. The first kappa shape index (κ1) is 10.2. The molecule has 1 heterocycles. The minimum absolute atomic E-state index is 0.203. The molecule has 0 aliphatic heterocycles. The van der Waals surface area contributed by atoms with E-state index in [-0.39, 0.29) is 6.10 Å². The fourth-order valence-electron chi connectivity index (χ4n) is 1.92. The summed E-state index contributed by atoms with van der Waals surface area (Å²) in [7, 11) is 0. The molecule has 1 aromatic heterocycles. The number of hydrogen-bond donors (Lipinski definition) is 1. The SMILES string of the molecule is CCc1ccc(C(O)CC2CCC2)s1. The summed E-state index contributed by atoms with van der Waals surface area (Å²) in [6.45, 7) is 2.16. The molecule has 1 N–H and O–H groups in total. The van der Waals surface area contributed by atoms with E-state index in [1.807, 2.05) is 0 Å². The van der Waals surface area contributed by atoms with Crippen LogP contribution >= 0.6 is 11.3 Å². The molecule has 1 nitrogen and oxygen atoms in total. The Hall–Kier alpha value is -0.340. The van der Waals surface area contributed by atoms with Crippen LogP contribution in [0.4, 0.5) is 0 Å². The van der Waals surface area contributed by atoms with Gasteiger partial charge in [0.2, 0.25) is 0 Å². The van der Waals surface area contributed by atoms with Crippen molar-refractivity contribution in [2.24, 2.45) is 5.92 Å². The standard InChI is InChI=1S/C12H18OS/c1-2-10-6-7-12(14-10)11(13)8-9-4-3-5-9/h6-7,9,11,13H,2-5,8H2,1H3. The minimum Gasteiger partial charge on any atom is -0.388 e. The quantitative estimate of drug-likeness (QED) is 0.806. The van der Waals surface area contributed by atoms with Crippen molar-refractivity contribution in [3.8, 4) is 0 Å². The second kappa shape index (κ2) is 4.45. The average molecular weight is 210 g/mol. The van der Waals surface area contributed by atoms with Crippen LogP contribution in [0.2, 0.25) is 0 Å². The van der Waals surface area contributed by atoms with Crippen LogP contribution in [0.5, 0.6) is 0 Å². The molecule has 14 heavy (non-hydrogen) atoms. The maximum Gasteiger partial charge on any atom is 0.0884 e. The molecule has 2 rings (SSSR count). The highest BCUT2D eigenvalue weighted by Crippen LogP contribution is 2.36. The Labute approximate surface area is 89.8 Å². The molecule has 1 aliphatic carbocycles. The van der Waals surface area contributed by atoms with Crippen LogP contribution in [0, 0.1) is 5.92 Å². The summed E-state index contributed by atoms with van der Waals surface area (Å²) in [4.78, 5) is 2.54. The third-order valence-electron chi connectivity index (χ3n) is 3.14. The number of hydrogen-bond acceptors (Lipinski definition) is 2. The zero-order valence-electron chi connectivity index (χ0n) is 8.70. The fraction of sp³-hybridized carbons (Fsp3) is 0.667. The van der Waals surface area contributed by atoms with Gasteiger partial charge in [-0.25, -0.2) is 0 Å². The van der Waals surface area contributed by atoms with Crippen LogP contribution < -0.4 is 0 Å². The molecule has 0 amide bonds. The smallest absolute Gasteiger partial charge is 0.0884 e. The van der Waals surface area contributed by atoms with Gasteiger partial charge in [0.15, 0.2) is 0 Å². The molecule has 0 radical (unpaired) electrons. The lowest BCUT2D eigenvalue weighted by molar-refractivity contribution is 0.121. The molecule has 1 atom stereocenters. The molecule has 1 saturated carbocycles. The van der Waals surface area contributed by atoms with Crippen LogP contribution in [0.25, 0.3) is 0 Å². The second-order valence-electron chi connectivity index (χ2n) is 4.21. The Balaban J connectivity index is 1.92. The van der Waals surface area contributed by atoms with E-state index in [4.69, 9.17) is 0 Å². The Morgan fingerprint density at radius 1 is 1.50 bits per heavy atom. The number of rotatable bonds is 4. The molecule has 0 spiro atoms. The summed E-state index contributed by atoms with van der Waals surface area (Å²) >= 11 is 1.77. The lowest BCUT2D eigenvalue weighted by Crippen LogP contribution is -2.14. The molecule has 1 unspecified atom stereocenters. The lowest BCUT2D eigenvalue weighted by Gasteiger charge is -2.27. The van der Waals surface area contributed by atoms with Crippen molar-refractivity contribution in [2.75, 3.05) is 0 Å². The van der Waals surface area contributed by atoms with Crippen molar-refractivity contribution >= 4 is 11.3 Å². The second-order valence-corrected chi connectivity index (χ2v) is 5.41. The molecular weight excluding hydrogens is 192 g/mol. The highest BCUT2D eigenvalue weighted by molar-refractivity contribution is 7.12. The lowest BCUT2D eigenvalue weighted by atomic mass is 9.81. The number of thiophene rings is 1. The average Bonchev–Trinajstić information content (AvgIpc) is 2.59. The normalized spacial score (nSPS) is 19.3. The summed E-state index contributed by atoms with van der Waals surface area (Å²) < 4.78 is 0. The first-order chi connectivity index (χ1) is 6.79. The van der Waals surface area contributed by atoms with E-state index in [0.717, 1.165) is 23.6 Å². The van der Waals surface area contributed by atoms with Crippen molar-refractivity contribution in [3.63, 3.8) is 0 Å². The highest BCUT2D eigenvalue weighted by atomic mass is 32.1. The molecule has 1 aliphatic rings. The predicted octanol–water partition coefficient (Wildman–Crippen LogP) is 3.53. The fourth-order valence-corrected chi connectivity index (χ4v) is 2.88. The van der Waals surface area contributed by atoms with Gasteiger partial charge < -0.3 is 5.11 Å². The maximum atomic E-state index is 9.98.